The Hall–Kier alpha value is -2.17. The number of piperidine rings is 1. The second kappa shape index (κ2) is 12.9. The van der Waals surface area contributed by atoms with E-state index in [0.717, 1.165) is 30.0 Å². The molecule has 33 heavy (non-hydrogen) atoms. The van der Waals surface area contributed by atoms with Gasteiger partial charge in [-0.3, -0.25) is 24.6 Å². The molecule has 0 bridgehead atoms. The SMILES string of the molecule is CCCC(CCC(C)CC)Cc1ccc(N(C(C)=O)C2CCC(=O)NC2=O)c(C(C)CC)c1. The Labute approximate surface area is 200 Å². The number of amides is 3. The highest BCUT2D eigenvalue weighted by Gasteiger charge is 2.35. The third kappa shape index (κ3) is 7.41. The highest BCUT2D eigenvalue weighted by molar-refractivity contribution is 6.06. The van der Waals surface area contributed by atoms with Crippen LogP contribution >= 0.6 is 0 Å². The van der Waals surface area contributed by atoms with E-state index in [1.165, 1.54) is 44.6 Å². The minimum absolute atomic E-state index is 0.167. The van der Waals surface area contributed by atoms with Gasteiger partial charge in [0.15, 0.2) is 0 Å². The lowest BCUT2D eigenvalue weighted by Crippen LogP contribution is -2.54. The highest BCUT2D eigenvalue weighted by atomic mass is 16.2. The zero-order valence-electron chi connectivity index (χ0n) is 21.6. The maximum atomic E-state index is 12.7. The van der Waals surface area contributed by atoms with E-state index in [9.17, 15) is 14.4 Å². The lowest BCUT2D eigenvalue weighted by atomic mass is 9.86. The van der Waals surface area contributed by atoms with E-state index in [2.05, 4.69) is 52.1 Å². The number of anilines is 1. The molecule has 1 aliphatic rings. The van der Waals surface area contributed by atoms with Gasteiger partial charge in [-0.05, 0) is 60.6 Å². The number of carbonyl (C=O) groups excluding carboxylic acids is 3. The van der Waals surface area contributed by atoms with Gasteiger partial charge in [0, 0.05) is 19.0 Å². The van der Waals surface area contributed by atoms with Crippen LogP contribution in [-0.2, 0) is 20.8 Å². The van der Waals surface area contributed by atoms with E-state index in [4.69, 9.17) is 0 Å². The van der Waals surface area contributed by atoms with Crippen LogP contribution in [0.4, 0.5) is 5.69 Å². The molecule has 0 spiro atoms. The second-order valence-electron chi connectivity index (χ2n) is 10.0. The van der Waals surface area contributed by atoms with E-state index >= 15 is 0 Å². The van der Waals surface area contributed by atoms with Crippen LogP contribution in [0.1, 0.15) is 110 Å². The van der Waals surface area contributed by atoms with Crippen molar-refractivity contribution in [3.05, 3.63) is 29.3 Å². The molecule has 1 fully saturated rings. The standard InChI is InChI=1S/C28H44N2O3/c1-7-10-22(12-11-19(4)8-2)17-23-13-14-25(24(18-23)20(5)9-3)30(21(6)31)26-15-16-27(32)29-28(26)33/h13-14,18-20,22,26H,7-12,15-17H2,1-6H3,(H,29,32,33). The molecule has 4 atom stereocenters. The Kier molecular flexibility index (Phi) is 10.6. The predicted octanol–water partition coefficient (Wildman–Crippen LogP) is 6.14. The van der Waals surface area contributed by atoms with E-state index in [-0.39, 0.29) is 30.1 Å². The summed E-state index contributed by atoms with van der Waals surface area (Å²) in [5.74, 6) is 0.878. The molecule has 0 aliphatic carbocycles. The monoisotopic (exact) mass is 456 g/mol. The molecule has 1 aliphatic heterocycles. The molecule has 1 aromatic carbocycles. The molecule has 5 heteroatoms. The number of imide groups is 1. The van der Waals surface area contributed by atoms with Crippen molar-refractivity contribution >= 4 is 23.4 Å². The second-order valence-corrected chi connectivity index (χ2v) is 10.0. The number of nitrogens with one attached hydrogen (secondary N) is 1. The summed E-state index contributed by atoms with van der Waals surface area (Å²) in [6.45, 7) is 12.7. The van der Waals surface area contributed by atoms with Gasteiger partial charge in [-0.15, -0.1) is 0 Å². The van der Waals surface area contributed by atoms with Crippen LogP contribution in [0, 0.1) is 11.8 Å². The van der Waals surface area contributed by atoms with E-state index in [1.54, 1.807) is 4.90 Å². The first kappa shape index (κ1) is 27.1. The fourth-order valence-corrected chi connectivity index (χ4v) is 4.86. The van der Waals surface area contributed by atoms with Crippen molar-refractivity contribution in [2.45, 2.75) is 111 Å². The van der Waals surface area contributed by atoms with E-state index in [1.807, 2.05) is 6.07 Å². The molecular weight excluding hydrogens is 412 g/mol. The predicted molar refractivity (Wildman–Crippen MR) is 135 cm³/mol. The maximum absolute atomic E-state index is 12.7. The van der Waals surface area contributed by atoms with Crippen molar-refractivity contribution in [2.24, 2.45) is 11.8 Å². The van der Waals surface area contributed by atoms with Crippen LogP contribution in [0.25, 0.3) is 0 Å². The third-order valence-electron chi connectivity index (χ3n) is 7.34. The average molecular weight is 457 g/mol. The molecule has 1 heterocycles. The van der Waals surface area contributed by atoms with Crippen LogP contribution in [0.15, 0.2) is 18.2 Å². The minimum atomic E-state index is -0.641. The molecule has 3 amide bonds. The fourth-order valence-electron chi connectivity index (χ4n) is 4.86. The van der Waals surface area contributed by atoms with Crippen LogP contribution in [0.3, 0.4) is 0 Å². The van der Waals surface area contributed by atoms with Crippen LogP contribution in [0.2, 0.25) is 0 Å². The molecule has 184 valence electrons. The third-order valence-corrected chi connectivity index (χ3v) is 7.34. The molecule has 5 nitrogen and oxygen atoms in total. The summed E-state index contributed by atoms with van der Waals surface area (Å²) in [5.41, 5.74) is 3.23. The van der Waals surface area contributed by atoms with E-state index < -0.39 is 6.04 Å². The summed E-state index contributed by atoms with van der Waals surface area (Å²) in [6, 6.07) is 5.78. The largest absolute Gasteiger partial charge is 0.300 e. The first-order valence-corrected chi connectivity index (χ1v) is 13.0. The van der Waals surface area contributed by atoms with Gasteiger partial charge in [0.25, 0.3) is 0 Å². The van der Waals surface area contributed by atoms with Gasteiger partial charge in [-0.25, -0.2) is 0 Å². The molecule has 1 N–H and O–H groups in total. The van der Waals surface area contributed by atoms with Gasteiger partial charge in [0.05, 0.1) is 0 Å². The number of rotatable bonds is 12. The zero-order valence-corrected chi connectivity index (χ0v) is 21.6. The molecule has 2 rings (SSSR count). The Bertz CT molecular complexity index is 819. The topological polar surface area (TPSA) is 66.5 Å². The fraction of sp³-hybridized carbons (Fsp3) is 0.679. The summed E-state index contributed by atoms with van der Waals surface area (Å²) in [5, 5.41) is 2.40. The van der Waals surface area contributed by atoms with Crippen LogP contribution < -0.4 is 10.2 Å². The van der Waals surface area contributed by atoms with E-state index in [0.29, 0.717) is 12.3 Å². The van der Waals surface area contributed by atoms with Gasteiger partial charge < -0.3 is 0 Å². The summed E-state index contributed by atoms with van der Waals surface area (Å²) < 4.78 is 0. The van der Waals surface area contributed by atoms with Crippen molar-refractivity contribution in [3.8, 4) is 0 Å². The number of hydrogen-bond donors (Lipinski definition) is 1. The average Bonchev–Trinajstić information content (AvgIpc) is 2.78. The van der Waals surface area contributed by atoms with Gasteiger partial charge in [-0.1, -0.05) is 72.4 Å². The molecule has 4 unspecified atom stereocenters. The first-order chi connectivity index (χ1) is 15.7. The summed E-state index contributed by atoms with van der Waals surface area (Å²) >= 11 is 0. The number of benzene rings is 1. The molecule has 0 saturated carbocycles. The lowest BCUT2D eigenvalue weighted by Gasteiger charge is -2.34. The van der Waals surface area contributed by atoms with Crippen molar-refractivity contribution in [3.63, 3.8) is 0 Å². The molecule has 1 aromatic rings. The van der Waals surface area contributed by atoms with Gasteiger partial charge in [0.1, 0.15) is 6.04 Å². The van der Waals surface area contributed by atoms with Gasteiger partial charge in [-0.2, -0.15) is 0 Å². The molecular formula is C28H44N2O3. The molecule has 1 saturated heterocycles. The van der Waals surface area contributed by atoms with Gasteiger partial charge in [0.2, 0.25) is 17.7 Å². The van der Waals surface area contributed by atoms with Crippen molar-refractivity contribution in [1.82, 2.24) is 5.32 Å². The Morgan fingerprint density at radius 1 is 1.09 bits per heavy atom. The number of hydrogen-bond acceptors (Lipinski definition) is 3. The highest BCUT2D eigenvalue weighted by Crippen LogP contribution is 2.34. The number of nitrogens with zero attached hydrogens (tertiary/aromatic N) is 1. The quantitative estimate of drug-likeness (QED) is 0.384. The molecule has 0 radical (unpaired) electrons. The van der Waals surface area contributed by atoms with Crippen LogP contribution in [0.5, 0.6) is 0 Å². The Morgan fingerprint density at radius 2 is 1.82 bits per heavy atom. The van der Waals surface area contributed by atoms with Crippen molar-refractivity contribution in [1.29, 1.82) is 0 Å². The normalized spacial score (nSPS) is 19.0. The first-order valence-electron chi connectivity index (χ1n) is 13.0. The van der Waals surface area contributed by atoms with Crippen LogP contribution in [-0.4, -0.2) is 23.8 Å². The molecule has 0 aromatic heterocycles. The lowest BCUT2D eigenvalue weighted by molar-refractivity contribution is -0.135. The maximum Gasteiger partial charge on any atom is 0.249 e. The van der Waals surface area contributed by atoms with Crippen molar-refractivity contribution < 1.29 is 14.4 Å². The van der Waals surface area contributed by atoms with Crippen molar-refractivity contribution in [2.75, 3.05) is 4.90 Å². The Morgan fingerprint density at radius 3 is 2.39 bits per heavy atom. The zero-order chi connectivity index (χ0) is 24.5. The summed E-state index contributed by atoms with van der Waals surface area (Å²) in [7, 11) is 0. The smallest absolute Gasteiger partial charge is 0.249 e. The van der Waals surface area contributed by atoms with Gasteiger partial charge >= 0.3 is 0 Å². The minimum Gasteiger partial charge on any atom is -0.300 e. The summed E-state index contributed by atoms with van der Waals surface area (Å²) in [6.07, 6.45) is 8.78. The summed E-state index contributed by atoms with van der Waals surface area (Å²) in [4.78, 5) is 38.6. The Balaban J connectivity index is 2.36. The number of carbonyl (C=O) groups is 3.